The number of hydrogen-bond acceptors (Lipinski definition) is 5. The normalized spacial score (nSPS) is 16.7. The number of benzene rings is 1. The molecule has 1 unspecified atom stereocenters. The lowest BCUT2D eigenvalue weighted by molar-refractivity contribution is -0.129. The van der Waals surface area contributed by atoms with Crippen LogP contribution >= 0.6 is 0 Å². The summed E-state index contributed by atoms with van der Waals surface area (Å²) < 4.78 is 0. The molecule has 0 radical (unpaired) electrons. The molecule has 9 heteroatoms. The summed E-state index contributed by atoms with van der Waals surface area (Å²) in [5, 5.41) is 11.7. The van der Waals surface area contributed by atoms with Crippen LogP contribution in [0, 0.1) is 0 Å². The molecule has 142 valence electrons. The molecule has 1 aliphatic rings. The van der Waals surface area contributed by atoms with Crippen molar-refractivity contribution in [3.8, 4) is 0 Å². The lowest BCUT2D eigenvalue weighted by Crippen LogP contribution is -2.35. The molecule has 1 saturated heterocycles. The minimum Gasteiger partial charge on any atom is -0.325 e. The number of nitrogens with one attached hydrogen (secondary N) is 3. The van der Waals surface area contributed by atoms with Crippen LogP contribution in [0.4, 0.5) is 10.7 Å². The highest BCUT2D eigenvalue weighted by molar-refractivity contribution is 6.06. The van der Waals surface area contributed by atoms with Crippen molar-refractivity contribution >= 4 is 23.8 Å². The number of aromatic nitrogens is 3. The van der Waals surface area contributed by atoms with Crippen molar-refractivity contribution < 1.29 is 14.4 Å². The second kappa shape index (κ2) is 7.98. The monoisotopic (exact) mass is 370 g/mol. The van der Waals surface area contributed by atoms with Gasteiger partial charge in [0.2, 0.25) is 11.9 Å². The Balaban J connectivity index is 1.53. The maximum Gasteiger partial charge on any atom is 0.324 e. The maximum atomic E-state index is 12.4. The molecule has 9 nitrogen and oxygen atoms in total. The van der Waals surface area contributed by atoms with E-state index >= 15 is 0 Å². The van der Waals surface area contributed by atoms with Gasteiger partial charge in [-0.25, -0.2) is 4.79 Å². The number of amides is 4. The highest BCUT2D eigenvalue weighted by atomic mass is 16.2. The molecule has 1 atom stereocenters. The van der Waals surface area contributed by atoms with Crippen LogP contribution in [0.2, 0.25) is 0 Å². The number of urea groups is 1. The van der Waals surface area contributed by atoms with Gasteiger partial charge in [0.15, 0.2) is 0 Å². The lowest BCUT2D eigenvalue weighted by atomic mass is 10.1. The first kappa shape index (κ1) is 18.6. The second-order valence-corrected chi connectivity index (χ2v) is 6.68. The summed E-state index contributed by atoms with van der Waals surface area (Å²) in [6.45, 7) is 4.16. The van der Waals surface area contributed by atoms with Gasteiger partial charge in [-0.05, 0) is 12.0 Å². The van der Waals surface area contributed by atoms with Crippen LogP contribution in [0.15, 0.2) is 30.3 Å². The Kier molecular flexibility index (Phi) is 5.49. The van der Waals surface area contributed by atoms with Crippen LogP contribution in [0.1, 0.15) is 37.6 Å². The van der Waals surface area contributed by atoms with Gasteiger partial charge >= 0.3 is 6.03 Å². The molecule has 4 amide bonds. The zero-order valence-electron chi connectivity index (χ0n) is 15.2. The van der Waals surface area contributed by atoms with Gasteiger partial charge in [0.05, 0.1) is 6.42 Å². The fourth-order valence-corrected chi connectivity index (χ4v) is 2.76. The number of hydrogen-bond donors (Lipinski definition) is 3. The van der Waals surface area contributed by atoms with Crippen LogP contribution < -0.4 is 10.6 Å². The Morgan fingerprint density at radius 2 is 2.00 bits per heavy atom. The molecule has 2 heterocycles. The Bertz CT molecular complexity index is 833. The molecule has 0 bridgehead atoms. The third-order valence-electron chi connectivity index (χ3n) is 4.26. The minimum absolute atomic E-state index is 0.150. The van der Waals surface area contributed by atoms with Crippen molar-refractivity contribution in [3.05, 3.63) is 41.7 Å². The van der Waals surface area contributed by atoms with Gasteiger partial charge in [-0.15, -0.1) is 5.10 Å². The number of H-pyrrole nitrogens is 1. The molecule has 1 aromatic heterocycles. The standard InChI is InChI=1S/C18H22N6O3/c1-11(2)15-21-17(23-22-15)20-14(25)10-13-16(26)24(18(27)19-13)9-8-12-6-4-3-5-7-12/h3-7,11,13H,8-10H2,1-2H3,(H,19,27)(H2,20,21,22,23,25). The molecule has 0 saturated carbocycles. The molecule has 27 heavy (non-hydrogen) atoms. The van der Waals surface area contributed by atoms with E-state index in [-0.39, 0.29) is 24.8 Å². The predicted molar refractivity (Wildman–Crippen MR) is 97.9 cm³/mol. The van der Waals surface area contributed by atoms with Crippen molar-refractivity contribution in [2.24, 2.45) is 0 Å². The topological polar surface area (TPSA) is 120 Å². The third-order valence-corrected chi connectivity index (χ3v) is 4.26. The van der Waals surface area contributed by atoms with Crippen molar-refractivity contribution in [2.45, 2.75) is 38.6 Å². The van der Waals surface area contributed by atoms with Gasteiger partial charge in [-0.1, -0.05) is 44.2 Å². The zero-order valence-corrected chi connectivity index (χ0v) is 15.2. The zero-order chi connectivity index (χ0) is 19.4. The SMILES string of the molecule is CC(C)c1nc(NC(=O)CC2NC(=O)N(CCc3ccccc3)C2=O)n[nH]1. The van der Waals surface area contributed by atoms with Crippen molar-refractivity contribution in [1.29, 1.82) is 0 Å². The third kappa shape index (κ3) is 4.49. The summed E-state index contributed by atoms with van der Waals surface area (Å²) in [7, 11) is 0. The number of carbonyl (C=O) groups is 3. The van der Waals surface area contributed by atoms with Crippen LogP contribution in [-0.2, 0) is 16.0 Å². The summed E-state index contributed by atoms with van der Waals surface area (Å²) in [5.41, 5.74) is 1.03. The Labute approximate surface area is 156 Å². The maximum absolute atomic E-state index is 12.4. The first-order valence-corrected chi connectivity index (χ1v) is 8.82. The van der Waals surface area contributed by atoms with E-state index in [4.69, 9.17) is 0 Å². The first-order chi connectivity index (χ1) is 12.9. The van der Waals surface area contributed by atoms with Crippen molar-refractivity contribution in [3.63, 3.8) is 0 Å². The van der Waals surface area contributed by atoms with Gasteiger partial charge in [-0.2, -0.15) is 4.98 Å². The van der Waals surface area contributed by atoms with Crippen molar-refractivity contribution in [1.82, 2.24) is 25.4 Å². The molecule has 3 rings (SSSR count). The lowest BCUT2D eigenvalue weighted by Gasteiger charge is -2.12. The molecular formula is C18H22N6O3. The molecule has 2 aromatic rings. The molecule has 0 aliphatic carbocycles. The molecule has 1 aliphatic heterocycles. The number of nitrogens with zero attached hydrogens (tertiary/aromatic N) is 3. The van der Waals surface area contributed by atoms with E-state index in [2.05, 4.69) is 25.8 Å². The molecule has 3 N–H and O–H groups in total. The Hall–Kier alpha value is -3.23. The van der Waals surface area contributed by atoms with E-state index in [1.807, 2.05) is 44.2 Å². The van der Waals surface area contributed by atoms with E-state index in [9.17, 15) is 14.4 Å². The highest BCUT2D eigenvalue weighted by Crippen LogP contribution is 2.13. The molecule has 1 aromatic carbocycles. The highest BCUT2D eigenvalue weighted by Gasteiger charge is 2.38. The predicted octanol–water partition coefficient (Wildman–Crippen LogP) is 1.42. The first-order valence-electron chi connectivity index (χ1n) is 8.82. The van der Waals surface area contributed by atoms with Crippen LogP contribution in [0.3, 0.4) is 0 Å². The van der Waals surface area contributed by atoms with Crippen LogP contribution in [0.5, 0.6) is 0 Å². The van der Waals surface area contributed by atoms with Crippen LogP contribution in [0.25, 0.3) is 0 Å². The summed E-state index contributed by atoms with van der Waals surface area (Å²) in [5.74, 6) is 0.123. The molecular weight excluding hydrogens is 348 g/mol. The van der Waals surface area contributed by atoms with E-state index in [1.54, 1.807) is 0 Å². The van der Waals surface area contributed by atoms with Gasteiger partial charge in [0, 0.05) is 12.5 Å². The smallest absolute Gasteiger partial charge is 0.324 e. The summed E-state index contributed by atoms with van der Waals surface area (Å²) in [4.78, 5) is 42.0. The minimum atomic E-state index is -0.878. The second-order valence-electron chi connectivity index (χ2n) is 6.68. The number of anilines is 1. The average molecular weight is 370 g/mol. The number of carbonyl (C=O) groups excluding carboxylic acids is 3. The number of aromatic amines is 1. The fourth-order valence-electron chi connectivity index (χ4n) is 2.76. The van der Waals surface area contributed by atoms with E-state index in [1.165, 1.54) is 0 Å². The quantitative estimate of drug-likeness (QED) is 0.637. The fraction of sp³-hybridized carbons (Fsp3) is 0.389. The number of imide groups is 1. The van der Waals surface area contributed by atoms with E-state index < -0.39 is 23.9 Å². The van der Waals surface area contributed by atoms with Gasteiger partial charge < -0.3 is 5.32 Å². The van der Waals surface area contributed by atoms with Gasteiger partial charge in [0.1, 0.15) is 11.9 Å². The molecule has 0 spiro atoms. The van der Waals surface area contributed by atoms with Crippen molar-refractivity contribution in [2.75, 3.05) is 11.9 Å². The summed E-state index contributed by atoms with van der Waals surface area (Å²) in [6.07, 6.45) is 0.395. The van der Waals surface area contributed by atoms with Crippen LogP contribution in [-0.4, -0.2) is 50.5 Å². The van der Waals surface area contributed by atoms with E-state index in [0.717, 1.165) is 10.5 Å². The Morgan fingerprint density at radius 3 is 2.67 bits per heavy atom. The summed E-state index contributed by atoms with van der Waals surface area (Å²) in [6, 6.07) is 8.23. The Morgan fingerprint density at radius 1 is 1.26 bits per heavy atom. The molecule has 1 fully saturated rings. The van der Waals surface area contributed by atoms with E-state index in [0.29, 0.717) is 12.2 Å². The van der Waals surface area contributed by atoms with Gasteiger partial charge in [-0.3, -0.25) is 24.9 Å². The number of rotatable bonds is 7. The van der Waals surface area contributed by atoms with Gasteiger partial charge in [0.25, 0.3) is 5.91 Å². The average Bonchev–Trinajstić information content (AvgIpc) is 3.20. The largest absolute Gasteiger partial charge is 0.325 e. The summed E-state index contributed by atoms with van der Waals surface area (Å²) >= 11 is 0.